The Morgan fingerprint density at radius 1 is 1.00 bits per heavy atom. The molecule has 2 rings (SSSR count). The lowest BCUT2D eigenvalue weighted by Gasteiger charge is -2.12. The van der Waals surface area contributed by atoms with Gasteiger partial charge in [-0.3, -0.25) is 4.79 Å². The van der Waals surface area contributed by atoms with E-state index in [9.17, 15) is 9.18 Å². The Bertz CT molecular complexity index is 781. The molecular weight excluding hydrogens is 482 g/mol. The summed E-state index contributed by atoms with van der Waals surface area (Å²) in [5, 5.41) is 9.20. The number of aliphatic imine (C=N–C) groups is 1. The number of nitrogens with one attached hydrogen (secondary N) is 3. The van der Waals surface area contributed by atoms with E-state index in [1.807, 2.05) is 37.3 Å². The summed E-state index contributed by atoms with van der Waals surface area (Å²) in [4.78, 5) is 16.6. The minimum absolute atomic E-state index is 0. The van der Waals surface area contributed by atoms with Crippen molar-refractivity contribution < 1.29 is 9.18 Å². The zero-order valence-corrected chi connectivity index (χ0v) is 19.3. The van der Waals surface area contributed by atoms with Crippen molar-refractivity contribution in [2.75, 3.05) is 13.1 Å². The number of hydrogen-bond donors (Lipinski definition) is 3. The molecule has 1 amide bonds. The number of benzene rings is 2. The van der Waals surface area contributed by atoms with Gasteiger partial charge in [-0.05, 0) is 37.1 Å². The molecule has 0 fully saturated rings. The Morgan fingerprint density at radius 3 is 2.38 bits per heavy atom. The highest BCUT2D eigenvalue weighted by Crippen LogP contribution is 2.07. The van der Waals surface area contributed by atoms with Gasteiger partial charge in [0.25, 0.3) is 5.91 Å². The molecular formula is C22H30FIN4O. The monoisotopic (exact) mass is 512 g/mol. The molecule has 0 saturated heterocycles. The molecule has 7 heteroatoms. The number of nitrogens with zero attached hydrogens (tertiary/aromatic N) is 1. The maximum Gasteiger partial charge on any atom is 0.251 e. The molecule has 2 aromatic carbocycles. The van der Waals surface area contributed by atoms with E-state index in [-0.39, 0.29) is 35.7 Å². The van der Waals surface area contributed by atoms with Crippen molar-refractivity contribution in [2.45, 2.75) is 39.8 Å². The zero-order valence-electron chi connectivity index (χ0n) is 17.0. The number of carbonyl (C=O) groups excluding carboxylic acids is 1. The van der Waals surface area contributed by atoms with Crippen LogP contribution in [0.3, 0.4) is 0 Å². The van der Waals surface area contributed by atoms with Crippen molar-refractivity contribution in [3.8, 4) is 0 Å². The summed E-state index contributed by atoms with van der Waals surface area (Å²) in [5.74, 6) is 0.328. The van der Waals surface area contributed by atoms with E-state index < -0.39 is 0 Å². The van der Waals surface area contributed by atoms with Crippen molar-refractivity contribution in [3.63, 3.8) is 0 Å². The second-order valence-corrected chi connectivity index (χ2v) is 6.45. The van der Waals surface area contributed by atoms with Crippen LogP contribution < -0.4 is 16.0 Å². The first kappa shape index (κ1) is 24.9. The van der Waals surface area contributed by atoms with E-state index >= 15 is 0 Å². The number of halogens is 2. The Labute approximate surface area is 189 Å². The number of hydrogen-bond acceptors (Lipinski definition) is 2. The average Bonchev–Trinajstić information content (AvgIpc) is 2.71. The van der Waals surface area contributed by atoms with Crippen LogP contribution >= 0.6 is 24.0 Å². The smallest absolute Gasteiger partial charge is 0.251 e. The summed E-state index contributed by atoms with van der Waals surface area (Å²) in [5.41, 5.74) is 2.23. The van der Waals surface area contributed by atoms with E-state index in [2.05, 4.69) is 27.9 Å². The maximum atomic E-state index is 13.7. The van der Waals surface area contributed by atoms with Crippen LogP contribution in [0.1, 0.15) is 48.2 Å². The molecule has 0 bridgehead atoms. The van der Waals surface area contributed by atoms with E-state index in [0.29, 0.717) is 43.3 Å². The Hall–Kier alpha value is -2.16. The van der Waals surface area contributed by atoms with E-state index in [4.69, 9.17) is 0 Å². The molecule has 0 atom stereocenters. The molecule has 0 heterocycles. The third kappa shape index (κ3) is 8.81. The highest BCUT2D eigenvalue weighted by molar-refractivity contribution is 14.0. The molecule has 0 aromatic heterocycles. The summed E-state index contributed by atoms with van der Waals surface area (Å²) in [7, 11) is 0. The lowest BCUT2D eigenvalue weighted by molar-refractivity contribution is 0.0953. The van der Waals surface area contributed by atoms with E-state index in [1.54, 1.807) is 12.1 Å². The van der Waals surface area contributed by atoms with Crippen molar-refractivity contribution in [3.05, 3.63) is 71.0 Å². The summed E-state index contributed by atoms with van der Waals surface area (Å²) in [6, 6.07) is 14.1. The number of carbonyl (C=O) groups is 1. The highest BCUT2D eigenvalue weighted by atomic mass is 127. The SMILES string of the molecule is CCCCNC(=O)c1ccc(CN=C(NCC)NCc2ccccc2F)cc1.I. The molecule has 0 unspecified atom stereocenters. The average molecular weight is 512 g/mol. The van der Waals surface area contributed by atoms with Crippen LogP contribution in [0.5, 0.6) is 0 Å². The summed E-state index contributed by atoms with van der Waals surface area (Å²) in [6.07, 6.45) is 2.03. The Balaban J connectivity index is 0.00000420. The van der Waals surface area contributed by atoms with Crippen molar-refractivity contribution in [2.24, 2.45) is 4.99 Å². The first-order valence-corrected chi connectivity index (χ1v) is 9.76. The minimum Gasteiger partial charge on any atom is -0.357 e. The predicted molar refractivity (Wildman–Crippen MR) is 127 cm³/mol. The van der Waals surface area contributed by atoms with Crippen molar-refractivity contribution >= 4 is 35.8 Å². The van der Waals surface area contributed by atoms with Gasteiger partial charge in [-0.1, -0.05) is 43.7 Å². The van der Waals surface area contributed by atoms with Gasteiger partial charge in [0.05, 0.1) is 6.54 Å². The van der Waals surface area contributed by atoms with Crippen LogP contribution in [-0.2, 0) is 13.1 Å². The van der Waals surface area contributed by atoms with Gasteiger partial charge in [0.2, 0.25) is 0 Å². The lowest BCUT2D eigenvalue weighted by Crippen LogP contribution is -2.37. The third-order valence-electron chi connectivity index (χ3n) is 4.20. The normalized spacial score (nSPS) is 10.8. The number of rotatable bonds is 9. The summed E-state index contributed by atoms with van der Waals surface area (Å²) < 4.78 is 13.7. The molecule has 29 heavy (non-hydrogen) atoms. The van der Waals surface area contributed by atoms with E-state index in [1.165, 1.54) is 6.07 Å². The zero-order chi connectivity index (χ0) is 20.2. The first-order valence-electron chi connectivity index (χ1n) is 9.76. The Morgan fingerprint density at radius 2 is 1.72 bits per heavy atom. The molecule has 0 aliphatic carbocycles. The van der Waals surface area contributed by atoms with Gasteiger partial charge in [-0.25, -0.2) is 9.38 Å². The van der Waals surface area contributed by atoms with Crippen LogP contribution in [0, 0.1) is 5.82 Å². The van der Waals surface area contributed by atoms with Crippen LogP contribution in [0.2, 0.25) is 0 Å². The fourth-order valence-electron chi connectivity index (χ4n) is 2.58. The van der Waals surface area contributed by atoms with Crippen molar-refractivity contribution in [1.82, 2.24) is 16.0 Å². The quantitative estimate of drug-likeness (QED) is 0.204. The first-order chi connectivity index (χ1) is 13.6. The molecule has 0 saturated carbocycles. The van der Waals surface area contributed by atoms with Crippen LogP contribution in [0.25, 0.3) is 0 Å². The fourth-order valence-corrected chi connectivity index (χ4v) is 2.58. The number of unbranched alkanes of at least 4 members (excludes halogenated alkanes) is 1. The number of guanidine groups is 1. The predicted octanol–water partition coefficient (Wildman–Crippen LogP) is 4.23. The fraction of sp³-hybridized carbons (Fsp3) is 0.364. The standard InChI is InChI=1S/C22H29FN4O.HI/c1-3-5-14-25-21(28)18-12-10-17(11-13-18)15-26-22(24-4-2)27-16-19-8-6-7-9-20(19)23;/h6-13H,3-5,14-16H2,1-2H3,(H,25,28)(H2,24,26,27);1H. The van der Waals surface area contributed by atoms with Crippen LogP contribution in [-0.4, -0.2) is 25.0 Å². The van der Waals surface area contributed by atoms with Crippen LogP contribution in [0.4, 0.5) is 4.39 Å². The molecule has 158 valence electrons. The second kappa shape index (κ2) is 13.9. The van der Waals surface area contributed by atoms with Gasteiger partial charge in [0.1, 0.15) is 5.82 Å². The van der Waals surface area contributed by atoms with Gasteiger partial charge >= 0.3 is 0 Å². The topological polar surface area (TPSA) is 65.5 Å². The second-order valence-electron chi connectivity index (χ2n) is 6.45. The van der Waals surface area contributed by atoms with Gasteiger partial charge in [0.15, 0.2) is 5.96 Å². The van der Waals surface area contributed by atoms with Gasteiger partial charge in [0, 0.05) is 30.8 Å². The molecule has 0 aliphatic rings. The molecule has 3 N–H and O–H groups in total. The van der Waals surface area contributed by atoms with Gasteiger partial charge in [-0.15, -0.1) is 24.0 Å². The summed E-state index contributed by atoms with van der Waals surface area (Å²) >= 11 is 0. The molecule has 0 aliphatic heterocycles. The molecule has 0 radical (unpaired) electrons. The maximum absolute atomic E-state index is 13.7. The molecule has 5 nitrogen and oxygen atoms in total. The molecule has 2 aromatic rings. The Kier molecular flexibility index (Phi) is 11.9. The number of amides is 1. The minimum atomic E-state index is -0.237. The van der Waals surface area contributed by atoms with Gasteiger partial charge < -0.3 is 16.0 Å². The van der Waals surface area contributed by atoms with Crippen molar-refractivity contribution in [1.29, 1.82) is 0 Å². The van der Waals surface area contributed by atoms with Gasteiger partial charge in [-0.2, -0.15) is 0 Å². The molecule has 0 spiro atoms. The summed E-state index contributed by atoms with van der Waals surface area (Å²) in [6.45, 7) is 6.29. The largest absolute Gasteiger partial charge is 0.357 e. The third-order valence-corrected chi connectivity index (χ3v) is 4.20. The lowest BCUT2D eigenvalue weighted by atomic mass is 10.1. The van der Waals surface area contributed by atoms with E-state index in [0.717, 1.165) is 18.4 Å². The highest BCUT2D eigenvalue weighted by Gasteiger charge is 2.05. The van der Waals surface area contributed by atoms with Crippen LogP contribution in [0.15, 0.2) is 53.5 Å².